The van der Waals surface area contributed by atoms with Crippen molar-refractivity contribution in [1.29, 1.82) is 0 Å². The van der Waals surface area contributed by atoms with Gasteiger partial charge in [-0.1, -0.05) is 231 Å². The monoisotopic (exact) mass is 1150 g/mol. The summed E-state index contributed by atoms with van der Waals surface area (Å²) in [5.41, 5.74) is 14.1. The zero-order valence-corrected chi connectivity index (χ0v) is 56.9. The number of fused-ring (bicyclic) bond motifs is 3. The molecule has 3 N–H and O–H groups in total. The summed E-state index contributed by atoms with van der Waals surface area (Å²) in [6, 6.07) is 0. The van der Waals surface area contributed by atoms with Crippen LogP contribution < -0.4 is 0 Å². The number of aliphatic hydroxyl groups is 3. The van der Waals surface area contributed by atoms with Gasteiger partial charge in [0.15, 0.2) is 0 Å². The van der Waals surface area contributed by atoms with Crippen LogP contribution in [0.15, 0.2) is 106 Å². The largest absolute Gasteiger partial charge is 0.393 e. The molecule has 9 saturated carbocycles. The highest BCUT2D eigenvalue weighted by atomic mass is 16.3. The number of aliphatic hydroxyl groups excluding tert-OH is 3. The summed E-state index contributed by atoms with van der Waals surface area (Å²) in [5, 5.41) is 30.1. The van der Waals surface area contributed by atoms with E-state index in [2.05, 4.69) is 139 Å². The van der Waals surface area contributed by atoms with Gasteiger partial charge < -0.3 is 15.3 Å². The lowest BCUT2D eigenvalue weighted by Gasteiger charge is -2.44. The minimum Gasteiger partial charge on any atom is -0.393 e. The summed E-state index contributed by atoms with van der Waals surface area (Å²) in [5.74, 6) is 10.1. The van der Waals surface area contributed by atoms with Gasteiger partial charge in [0.25, 0.3) is 0 Å². The lowest BCUT2D eigenvalue weighted by molar-refractivity contribution is 0.0928. The predicted molar refractivity (Wildman–Crippen MR) is 364 cm³/mol. The van der Waals surface area contributed by atoms with Crippen LogP contribution in [0.4, 0.5) is 0 Å². The molecule has 0 aromatic carbocycles. The van der Waals surface area contributed by atoms with Crippen LogP contribution in [-0.2, 0) is 0 Å². The van der Waals surface area contributed by atoms with Crippen LogP contribution >= 0.6 is 0 Å². The fraction of sp³-hybridized carbons (Fsp3) is 0.778. The molecule has 0 radical (unpaired) electrons. The van der Waals surface area contributed by atoms with E-state index in [1.807, 2.05) is 0 Å². The van der Waals surface area contributed by atoms with Crippen molar-refractivity contribution in [1.82, 2.24) is 0 Å². The molecule has 9 fully saturated rings. The quantitative estimate of drug-likeness (QED) is 0.128. The number of allylic oxidation sites excluding steroid dienone is 12. The maximum absolute atomic E-state index is 10.0. The zero-order valence-electron chi connectivity index (χ0n) is 56.9. The fourth-order valence-electron chi connectivity index (χ4n) is 20.0. The van der Waals surface area contributed by atoms with Crippen molar-refractivity contribution in [2.75, 3.05) is 0 Å². The van der Waals surface area contributed by atoms with Crippen LogP contribution in [0.1, 0.15) is 295 Å². The second-order valence-electron chi connectivity index (χ2n) is 32.5. The van der Waals surface area contributed by atoms with E-state index in [0.717, 1.165) is 129 Å². The molecule has 474 valence electrons. The normalized spacial score (nSPS) is 37.6. The second-order valence-corrected chi connectivity index (χ2v) is 32.5. The molecule has 0 amide bonds. The summed E-state index contributed by atoms with van der Waals surface area (Å²) in [7, 11) is 0. The molecule has 9 rings (SSSR count). The third-order valence-electron chi connectivity index (χ3n) is 25.1. The molecule has 0 bridgehead atoms. The zero-order chi connectivity index (χ0) is 60.9. The second kappa shape index (κ2) is 31.8. The molecule has 0 saturated heterocycles. The van der Waals surface area contributed by atoms with Gasteiger partial charge in [0.2, 0.25) is 0 Å². The fourth-order valence-corrected chi connectivity index (χ4v) is 20.0. The first-order valence-corrected chi connectivity index (χ1v) is 36.2. The molecule has 0 aromatic rings. The number of rotatable bonds is 18. The van der Waals surface area contributed by atoms with Crippen LogP contribution in [0, 0.1) is 87.3 Å². The first-order chi connectivity index (χ1) is 39.9. The summed E-state index contributed by atoms with van der Waals surface area (Å²) < 4.78 is 0. The van der Waals surface area contributed by atoms with Crippen molar-refractivity contribution >= 4 is 0 Å². The van der Waals surface area contributed by atoms with E-state index in [0.29, 0.717) is 16.2 Å². The molecule has 0 unspecified atom stereocenters. The minimum absolute atomic E-state index is 0.172. The topological polar surface area (TPSA) is 60.7 Å². The molecule has 0 heterocycles. The smallest absolute Gasteiger partial charge is 0.0583 e. The molecule has 9 aliphatic rings. The van der Waals surface area contributed by atoms with Gasteiger partial charge in [0.05, 0.1) is 18.3 Å². The van der Waals surface area contributed by atoms with E-state index in [1.54, 1.807) is 16.7 Å². The molecule has 0 aromatic heterocycles. The standard InChI is InChI=1S/3C27H44O/c3*1-19(2)8-6-9-21(4)25-15-16-26-22(10-7-17-27(25,26)5)12-13-23-18-24(28)14-11-20(23)3/h3*12-13,19,21,24-26,28H,3,6-11,14-18H2,1-2,4-5H3/b3*22-12+,23-13-/t3*21-,24+,25-,26+,27-/m111/s1. The van der Waals surface area contributed by atoms with Gasteiger partial charge in [0.1, 0.15) is 0 Å². The van der Waals surface area contributed by atoms with Gasteiger partial charge in [0, 0.05) is 0 Å². The molecule has 84 heavy (non-hydrogen) atoms. The van der Waals surface area contributed by atoms with E-state index < -0.39 is 0 Å². The molecule has 0 aliphatic heterocycles. The van der Waals surface area contributed by atoms with Gasteiger partial charge in [-0.25, -0.2) is 0 Å². The lowest BCUT2D eigenvalue weighted by atomic mass is 9.60. The SMILES string of the molecule is C=C1CC[C@H](O)C/C1=C/C=C1\CCC[C@]2(C)[C@@H]([C@H](C)CCCC(C)C)CC[C@@H]12.C=C1CC[C@H](O)C/C1=C/C=C1\CCC[C@]2(C)[C@@H]([C@H](C)CCCC(C)C)CC[C@@H]12.C=C1CC[C@H](O)C/C1=C/C=C1\CCC[C@]2(C)[C@@H]([C@H](C)CCCC(C)C)CC[C@@H]12. The van der Waals surface area contributed by atoms with Crippen LogP contribution in [0.5, 0.6) is 0 Å². The summed E-state index contributed by atoms with van der Waals surface area (Å²) in [4.78, 5) is 0. The van der Waals surface area contributed by atoms with Crippen LogP contribution in [0.3, 0.4) is 0 Å². The summed E-state index contributed by atoms with van der Waals surface area (Å²) >= 11 is 0. The van der Waals surface area contributed by atoms with Crippen molar-refractivity contribution in [3.63, 3.8) is 0 Å². The molecule has 3 nitrogen and oxygen atoms in total. The molecule has 9 aliphatic carbocycles. The third kappa shape index (κ3) is 17.9. The number of hydrogen-bond donors (Lipinski definition) is 3. The van der Waals surface area contributed by atoms with Gasteiger partial charge in [-0.2, -0.15) is 0 Å². The van der Waals surface area contributed by atoms with Crippen molar-refractivity contribution in [2.45, 2.75) is 313 Å². The van der Waals surface area contributed by atoms with Gasteiger partial charge in [-0.05, 0) is 258 Å². The van der Waals surface area contributed by atoms with Crippen LogP contribution in [-0.4, -0.2) is 33.6 Å². The Bertz CT molecular complexity index is 2090. The van der Waals surface area contributed by atoms with Crippen molar-refractivity contribution in [2.24, 2.45) is 87.3 Å². The Morgan fingerprint density at radius 1 is 0.369 bits per heavy atom. The van der Waals surface area contributed by atoms with Crippen molar-refractivity contribution < 1.29 is 15.3 Å². The molecular formula is C81H132O3. The average Bonchev–Trinajstić information content (AvgIpc) is 2.43. The van der Waals surface area contributed by atoms with Gasteiger partial charge in [-0.3, -0.25) is 0 Å². The van der Waals surface area contributed by atoms with Crippen molar-refractivity contribution in [3.05, 3.63) is 106 Å². The maximum Gasteiger partial charge on any atom is 0.0583 e. The highest BCUT2D eigenvalue weighted by Crippen LogP contribution is 2.63. The van der Waals surface area contributed by atoms with Gasteiger partial charge in [-0.15, -0.1) is 0 Å². The van der Waals surface area contributed by atoms with Crippen molar-refractivity contribution in [3.8, 4) is 0 Å². The van der Waals surface area contributed by atoms with Crippen LogP contribution in [0.25, 0.3) is 0 Å². The third-order valence-corrected chi connectivity index (χ3v) is 25.1. The predicted octanol–water partition coefficient (Wildman–Crippen LogP) is 22.9. The Kier molecular flexibility index (Phi) is 26.1. The molecular weight excluding hydrogens is 1020 g/mol. The average molecular weight is 1150 g/mol. The highest BCUT2D eigenvalue weighted by molar-refractivity contribution is 5.39. The van der Waals surface area contributed by atoms with E-state index in [9.17, 15) is 15.3 Å². The Morgan fingerprint density at radius 2 is 0.631 bits per heavy atom. The summed E-state index contributed by atoms with van der Waals surface area (Å²) in [6.07, 6.45) is 54.7. The first-order valence-electron chi connectivity index (χ1n) is 36.2. The molecule has 3 heteroatoms. The van der Waals surface area contributed by atoms with Gasteiger partial charge >= 0.3 is 0 Å². The Balaban J connectivity index is 0.000000181. The van der Waals surface area contributed by atoms with Crippen LogP contribution in [0.2, 0.25) is 0 Å². The van der Waals surface area contributed by atoms with E-state index in [4.69, 9.17) is 0 Å². The minimum atomic E-state index is -0.172. The van der Waals surface area contributed by atoms with E-state index >= 15 is 0 Å². The Hall–Kier alpha value is -2.46. The summed E-state index contributed by atoms with van der Waals surface area (Å²) in [6.45, 7) is 42.3. The van der Waals surface area contributed by atoms with E-state index in [1.165, 1.54) is 188 Å². The molecule has 0 spiro atoms. The lowest BCUT2D eigenvalue weighted by Crippen LogP contribution is -2.36. The Labute approximate surface area is 519 Å². The molecule has 15 atom stereocenters. The number of hydrogen-bond acceptors (Lipinski definition) is 3. The maximum atomic E-state index is 10.0. The van der Waals surface area contributed by atoms with E-state index in [-0.39, 0.29) is 18.3 Å². The highest BCUT2D eigenvalue weighted by Gasteiger charge is 2.53. The Morgan fingerprint density at radius 3 is 0.881 bits per heavy atom. The first kappa shape index (κ1) is 69.0.